The van der Waals surface area contributed by atoms with E-state index in [-0.39, 0.29) is 29.1 Å². The van der Waals surface area contributed by atoms with Crippen LogP contribution in [0.15, 0.2) is 11.6 Å². The molecule has 1 spiro atoms. The van der Waals surface area contributed by atoms with Crippen LogP contribution in [0, 0.1) is 17.3 Å². The van der Waals surface area contributed by atoms with E-state index in [9.17, 15) is 14.4 Å². The molecule has 2 atom stereocenters. The lowest BCUT2D eigenvalue weighted by atomic mass is 9.82. The second-order valence-electron chi connectivity index (χ2n) is 8.26. The van der Waals surface area contributed by atoms with E-state index in [0.29, 0.717) is 12.8 Å². The third kappa shape index (κ3) is 2.62. The van der Waals surface area contributed by atoms with Gasteiger partial charge in [0.05, 0.1) is 5.92 Å². The number of hydrazine groups is 1. The molecule has 1 heterocycles. The Hall–Kier alpha value is -1.85. The molecule has 1 saturated heterocycles. The first-order valence-corrected chi connectivity index (χ1v) is 8.81. The van der Waals surface area contributed by atoms with Gasteiger partial charge in [-0.05, 0) is 38.0 Å². The lowest BCUT2D eigenvalue weighted by molar-refractivity contribution is -0.140. The van der Waals surface area contributed by atoms with Crippen molar-refractivity contribution < 1.29 is 14.4 Å². The molecule has 3 rings (SSSR count). The van der Waals surface area contributed by atoms with Crippen LogP contribution in [0.25, 0.3) is 0 Å². The normalized spacial score (nSPS) is 30.1. The summed E-state index contributed by atoms with van der Waals surface area (Å²) < 4.78 is 0. The maximum Gasteiger partial charge on any atom is 0.344 e. The van der Waals surface area contributed by atoms with Crippen LogP contribution in [0.2, 0.25) is 0 Å². The van der Waals surface area contributed by atoms with Crippen LogP contribution in [0.5, 0.6) is 0 Å². The Morgan fingerprint density at radius 2 is 1.83 bits per heavy atom. The maximum atomic E-state index is 12.7. The zero-order valence-corrected chi connectivity index (χ0v) is 14.9. The molecule has 2 aliphatic carbocycles. The molecule has 0 unspecified atom stereocenters. The molecule has 132 valence electrons. The van der Waals surface area contributed by atoms with Crippen molar-refractivity contribution >= 4 is 17.8 Å². The van der Waals surface area contributed by atoms with Crippen LogP contribution in [-0.4, -0.2) is 28.4 Å². The molecule has 0 aromatic rings. The number of rotatable bonds is 3. The molecule has 2 saturated carbocycles. The number of hydrogen-bond donors (Lipinski definition) is 2. The number of nitrogens with one attached hydrogen (secondary N) is 2. The Morgan fingerprint density at radius 3 is 2.42 bits per heavy atom. The van der Waals surface area contributed by atoms with Crippen LogP contribution in [0.3, 0.4) is 0 Å². The third-order valence-corrected chi connectivity index (χ3v) is 5.80. The smallest absolute Gasteiger partial charge is 0.322 e. The zero-order valence-electron chi connectivity index (χ0n) is 14.9. The predicted molar refractivity (Wildman–Crippen MR) is 89.5 cm³/mol. The van der Waals surface area contributed by atoms with Gasteiger partial charge in [0.15, 0.2) is 0 Å². The van der Waals surface area contributed by atoms with Crippen molar-refractivity contribution in [3.8, 4) is 0 Å². The highest BCUT2D eigenvalue weighted by atomic mass is 16.2. The van der Waals surface area contributed by atoms with Gasteiger partial charge in [0, 0.05) is 0 Å². The number of amides is 4. The van der Waals surface area contributed by atoms with Gasteiger partial charge >= 0.3 is 6.03 Å². The predicted octanol–water partition coefficient (Wildman–Crippen LogP) is 2.51. The van der Waals surface area contributed by atoms with Gasteiger partial charge in [-0.2, -0.15) is 5.01 Å². The Labute approximate surface area is 143 Å². The van der Waals surface area contributed by atoms with Gasteiger partial charge in [-0.25, -0.2) is 4.79 Å². The molecule has 0 aromatic heterocycles. The SMILES string of the molecule is CC(C)=C[C@@H]1[C@H](C(=O)NN2C(=O)NC3(CCCCC3)C2=O)C1(C)C. The summed E-state index contributed by atoms with van der Waals surface area (Å²) in [4.78, 5) is 37.5. The van der Waals surface area contributed by atoms with Gasteiger partial charge in [-0.15, -0.1) is 0 Å². The minimum Gasteiger partial charge on any atom is -0.322 e. The highest BCUT2D eigenvalue weighted by molar-refractivity contribution is 6.08. The Kier molecular flexibility index (Phi) is 3.97. The maximum absolute atomic E-state index is 12.7. The molecule has 6 nitrogen and oxygen atoms in total. The van der Waals surface area contributed by atoms with Crippen molar-refractivity contribution in [1.82, 2.24) is 15.8 Å². The van der Waals surface area contributed by atoms with E-state index in [1.54, 1.807) is 0 Å². The van der Waals surface area contributed by atoms with E-state index in [2.05, 4.69) is 16.8 Å². The monoisotopic (exact) mass is 333 g/mol. The number of carbonyl (C=O) groups is 3. The van der Waals surface area contributed by atoms with Crippen LogP contribution in [0.1, 0.15) is 59.8 Å². The third-order valence-electron chi connectivity index (χ3n) is 5.80. The fourth-order valence-electron chi connectivity index (χ4n) is 4.24. The molecule has 3 fully saturated rings. The largest absolute Gasteiger partial charge is 0.344 e. The van der Waals surface area contributed by atoms with Gasteiger partial charge in [0.1, 0.15) is 5.54 Å². The van der Waals surface area contributed by atoms with Crippen molar-refractivity contribution in [1.29, 1.82) is 0 Å². The lowest BCUT2D eigenvalue weighted by Crippen LogP contribution is -2.51. The molecular weight excluding hydrogens is 306 g/mol. The van der Waals surface area contributed by atoms with Crippen LogP contribution in [-0.2, 0) is 9.59 Å². The molecule has 2 N–H and O–H groups in total. The fraction of sp³-hybridized carbons (Fsp3) is 0.722. The summed E-state index contributed by atoms with van der Waals surface area (Å²) >= 11 is 0. The van der Waals surface area contributed by atoms with Gasteiger partial charge < -0.3 is 5.32 Å². The second kappa shape index (κ2) is 5.60. The summed E-state index contributed by atoms with van der Waals surface area (Å²) in [6, 6.07) is -0.507. The molecule has 0 aromatic carbocycles. The van der Waals surface area contributed by atoms with Crippen molar-refractivity contribution in [3.63, 3.8) is 0 Å². The van der Waals surface area contributed by atoms with Crippen molar-refractivity contribution in [2.24, 2.45) is 17.3 Å². The topological polar surface area (TPSA) is 78.5 Å². The first-order valence-electron chi connectivity index (χ1n) is 8.81. The van der Waals surface area contributed by atoms with E-state index in [0.717, 1.165) is 24.3 Å². The number of nitrogens with zero attached hydrogens (tertiary/aromatic N) is 1. The zero-order chi connectivity index (χ0) is 17.7. The molecule has 24 heavy (non-hydrogen) atoms. The number of urea groups is 1. The van der Waals surface area contributed by atoms with Crippen molar-refractivity contribution in [3.05, 3.63) is 11.6 Å². The molecule has 0 radical (unpaired) electrons. The molecule has 4 amide bonds. The molecular formula is C18H27N3O3. The number of allylic oxidation sites excluding steroid dienone is 2. The van der Waals surface area contributed by atoms with Crippen molar-refractivity contribution in [2.75, 3.05) is 0 Å². The first kappa shape index (κ1) is 17.0. The number of imide groups is 1. The highest BCUT2D eigenvalue weighted by Crippen LogP contribution is 2.59. The van der Waals surface area contributed by atoms with Crippen LogP contribution < -0.4 is 10.7 Å². The molecule has 0 bridgehead atoms. The Morgan fingerprint density at radius 1 is 1.21 bits per heavy atom. The summed E-state index contributed by atoms with van der Waals surface area (Å²) in [7, 11) is 0. The highest BCUT2D eigenvalue weighted by Gasteiger charge is 2.61. The van der Waals surface area contributed by atoms with E-state index in [1.807, 2.05) is 27.7 Å². The molecule has 6 heteroatoms. The van der Waals surface area contributed by atoms with E-state index in [4.69, 9.17) is 0 Å². The quantitative estimate of drug-likeness (QED) is 0.615. The van der Waals surface area contributed by atoms with E-state index >= 15 is 0 Å². The summed E-state index contributed by atoms with van der Waals surface area (Å²) in [6.07, 6.45) is 6.33. The van der Waals surface area contributed by atoms with Crippen molar-refractivity contribution in [2.45, 2.75) is 65.3 Å². The fourth-order valence-corrected chi connectivity index (χ4v) is 4.24. The van der Waals surface area contributed by atoms with Crippen LogP contribution >= 0.6 is 0 Å². The summed E-state index contributed by atoms with van der Waals surface area (Å²) in [5, 5.41) is 3.71. The minimum atomic E-state index is -0.805. The van der Waals surface area contributed by atoms with Gasteiger partial charge in [0.25, 0.3) is 5.91 Å². The van der Waals surface area contributed by atoms with E-state index < -0.39 is 11.6 Å². The average Bonchev–Trinajstić information content (AvgIpc) is 2.96. The number of hydrogen-bond acceptors (Lipinski definition) is 3. The standard InChI is InChI=1S/C18H27N3O3/c1-11(2)10-12-13(17(12,3)4)14(22)20-21-15(23)18(19-16(21)24)8-6-5-7-9-18/h10,12-13H,5-9H2,1-4H3,(H,19,24)(H,20,22)/t12-,13-/m1/s1. The Bertz CT molecular complexity index is 613. The Balaban J connectivity index is 1.70. The molecule has 1 aliphatic heterocycles. The molecule has 3 aliphatic rings. The van der Waals surface area contributed by atoms with E-state index in [1.165, 1.54) is 5.57 Å². The first-order chi connectivity index (χ1) is 11.2. The average molecular weight is 333 g/mol. The number of carbonyl (C=O) groups excluding carboxylic acids is 3. The summed E-state index contributed by atoms with van der Waals surface area (Å²) in [6.45, 7) is 8.09. The van der Waals surface area contributed by atoms with Crippen LogP contribution in [0.4, 0.5) is 4.79 Å². The van der Waals surface area contributed by atoms with Gasteiger partial charge in [0.2, 0.25) is 5.91 Å². The minimum absolute atomic E-state index is 0.145. The van der Waals surface area contributed by atoms with Gasteiger partial charge in [-0.1, -0.05) is 44.8 Å². The van der Waals surface area contributed by atoms with Gasteiger partial charge in [-0.3, -0.25) is 15.0 Å². The second-order valence-corrected chi connectivity index (χ2v) is 8.26. The summed E-state index contributed by atoms with van der Waals surface area (Å²) in [5.74, 6) is -0.626. The lowest BCUT2D eigenvalue weighted by Gasteiger charge is -2.30. The summed E-state index contributed by atoms with van der Waals surface area (Å²) in [5.41, 5.74) is 2.79.